The Bertz CT molecular complexity index is 345. The van der Waals surface area contributed by atoms with Gasteiger partial charge in [-0.05, 0) is 25.2 Å². The highest BCUT2D eigenvalue weighted by Crippen LogP contribution is 2.24. The fourth-order valence-corrected chi connectivity index (χ4v) is 2.69. The summed E-state index contributed by atoms with van der Waals surface area (Å²) in [4.78, 5) is 14.1. The lowest BCUT2D eigenvalue weighted by atomic mass is 9.95. The molecule has 2 fully saturated rings. The van der Waals surface area contributed by atoms with Crippen LogP contribution in [0.1, 0.15) is 26.2 Å². The molecule has 2 aliphatic rings. The minimum Gasteiger partial charge on any atom is -0.409 e. The number of nitrogens with two attached hydrogens (primary N) is 1. The van der Waals surface area contributed by atoms with Crippen molar-refractivity contribution in [3.05, 3.63) is 0 Å². The zero-order valence-corrected chi connectivity index (χ0v) is 10.7. The number of amidine groups is 1. The molecule has 0 saturated carbocycles. The highest BCUT2D eigenvalue weighted by molar-refractivity contribution is 5.85. The molecule has 0 aromatic heterocycles. The molecule has 0 radical (unpaired) electrons. The maximum atomic E-state index is 12.3. The summed E-state index contributed by atoms with van der Waals surface area (Å²) in [5, 5.41) is 11.7. The molecule has 0 aliphatic carbocycles. The first-order valence-electron chi connectivity index (χ1n) is 6.51. The van der Waals surface area contributed by atoms with Crippen molar-refractivity contribution in [3.63, 3.8) is 0 Å². The van der Waals surface area contributed by atoms with Gasteiger partial charge in [0.25, 0.3) is 5.91 Å². The smallest absolute Gasteiger partial charge is 0.251 e. The Kier molecular flexibility index (Phi) is 4.06. The number of ether oxygens (including phenoxy) is 1. The summed E-state index contributed by atoms with van der Waals surface area (Å²) in [6.45, 7) is 3.97. The van der Waals surface area contributed by atoms with Crippen LogP contribution in [0.25, 0.3) is 0 Å². The number of hydrogen-bond donors (Lipinski definition) is 2. The van der Waals surface area contributed by atoms with Crippen LogP contribution in [0.15, 0.2) is 5.16 Å². The molecule has 0 bridgehead atoms. The normalized spacial score (nSPS) is 33.7. The maximum Gasteiger partial charge on any atom is 0.251 e. The van der Waals surface area contributed by atoms with Crippen molar-refractivity contribution >= 4 is 11.7 Å². The van der Waals surface area contributed by atoms with E-state index < -0.39 is 0 Å². The van der Waals surface area contributed by atoms with Crippen molar-refractivity contribution in [2.24, 2.45) is 22.7 Å². The summed E-state index contributed by atoms with van der Waals surface area (Å²) in [6.07, 6.45) is 2.37. The topological polar surface area (TPSA) is 88.2 Å². The molecule has 2 saturated heterocycles. The number of piperidine rings is 1. The predicted octanol–water partition coefficient (Wildman–Crippen LogP) is 0.396. The van der Waals surface area contributed by atoms with Crippen LogP contribution in [0.4, 0.5) is 0 Å². The lowest BCUT2D eigenvalue weighted by molar-refractivity contribution is -0.143. The molecule has 2 aliphatic heterocycles. The molecule has 2 heterocycles. The summed E-state index contributed by atoms with van der Waals surface area (Å²) in [5.74, 6) is 0.509. The summed E-state index contributed by atoms with van der Waals surface area (Å²) in [7, 11) is 0. The van der Waals surface area contributed by atoms with E-state index in [1.807, 2.05) is 6.92 Å². The first-order valence-corrected chi connectivity index (χ1v) is 6.51. The Hall–Kier alpha value is -1.30. The molecule has 102 valence electrons. The number of likely N-dealkylation sites (tertiary alicyclic amines) is 1. The molecule has 3 N–H and O–H groups in total. The van der Waals surface area contributed by atoms with E-state index >= 15 is 0 Å². The first kappa shape index (κ1) is 13.1. The maximum absolute atomic E-state index is 12.3. The van der Waals surface area contributed by atoms with Gasteiger partial charge < -0.3 is 20.6 Å². The third-order valence-corrected chi connectivity index (χ3v) is 3.90. The van der Waals surface area contributed by atoms with Crippen LogP contribution in [0.3, 0.4) is 0 Å². The van der Waals surface area contributed by atoms with Gasteiger partial charge in [0.15, 0.2) is 0 Å². The number of amides is 1. The summed E-state index contributed by atoms with van der Waals surface area (Å²) in [6, 6.07) is 0. The van der Waals surface area contributed by atoms with Gasteiger partial charge in [-0.25, -0.2) is 0 Å². The summed E-state index contributed by atoms with van der Waals surface area (Å²) >= 11 is 0. The molecule has 6 heteroatoms. The highest BCUT2D eigenvalue weighted by Gasteiger charge is 2.36. The van der Waals surface area contributed by atoms with Crippen molar-refractivity contribution in [3.8, 4) is 0 Å². The van der Waals surface area contributed by atoms with E-state index in [0.29, 0.717) is 13.2 Å². The van der Waals surface area contributed by atoms with Crippen LogP contribution in [0.5, 0.6) is 0 Å². The highest BCUT2D eigenvalue weighted by atomic mass is 16.5. The second-order valence-electron chi connectivity index (χ2n) is 5.21. The average molecular weight is 255 g/mol. The molecular weight excluding hydrogens is 234 g/mol. The van der Waals surface area contributed by atoms with Crippen molar-refractivity contribution in [1.82, 2.24) is 4.90 Å². The minimum atomic E-state index is -0.309. The van der Waals surface area contributed by atoms with E-state index in [4.69, 9.17) is 15.7 Å². The number of hydrogen-bond acceptors (Lipinski definition) is 4. The van der Waals surface area contributed by atoms with Crippen molar-refractivity contribution < 1.29 is 14.7 Å². The molecule has 0 aromatic carbocycles. The van der Waals surface area contributed by atoms with E-state index in [1.54, 1.807) is 4.90 Å². The number of carbonyl (C=O) groups excluding carboxylic acids is 1. The fraction of sp³-hybridized carbons (Fsp3) is 0.833. The number of carbonyl (C=O) groups is 1. The Labute approximate surface area is 107 Å². The molecule has 3 atom stereocenters. The lowest BCUT2D eigenvalue weighted by Crippen LogP contribution is -2.48. The standard InChI is InChI=1S/C12H21N3O3/c1-8-4-6-18-10(8)12(16)15-5-2-3-9(7-15)11(13)14-17/h8-10,17H,2-7H2,1H3,(H2,13,14). The molecule has 18 heavy (non-hydrogen) atoms. The van der Waals surface area contributed by atoms with E-state index in [9.17, 15) is 4.79 Å². The van der Waals surface area contributed by atoms with Crippen LogP contribution in [-0.4, -0.2) is 47.7 Å². The van der Waals surface area contributed by atoms with Gasteiger partial charge in [-0.2, -0.15) is 0 Å². The fourth-order valence-electron chi connectivity index (χ4n) is 2.69. The Balaban J connectivity index is 1.98. The van der Waals surface area contributed by atoms with E-state index in [1.165, 1.54) is 0 Å². The minimum absolute atomic E-state index is 0.0376. The summed E-state index contributed by atoms with van der Waals surface area (Å²) in [5.41, 5.74) is 5.62. The van der Waals surface area contributed by atoms with Gasteiger partial charge in [-0.15, -0.1) is 0 Å². The van der Waals surface area contributed by atoms with Gasteiger partial charge in [0, 0.05) is 25.6 Å². The number of rotatable bonds is 2. The van der Waals surface area contributed by atoms with Gasteiger partial charge in [0.1, 0.15) is 11.9 Å². The predicted molar refractivity (Wildman–Crippen MR) is 66.2 cm³/mol. The molecule has 0 aromatic rings. The molecule has 6 nitrogen and oxygen atoms in total. The third kappa shape index (κ3) is 2.58. The van der Waals surface area contributed by atoms with Gasteiger partial charge in [-0.1, -0.05) is 12.1 Å². The molecule has 0 spiro atoms. The van der Waals surface area contributed by atoms with Gasteiger partial charge in [0.2, 0.25) is 0 Å². The SMILES string of the molecule is CC1CCOC1C(=O)N1CCCC(C(N)=NO)C1. The third-order valence-electron chi connectivity index (χ3n) is 3.90. The van der Waals surface area contributed by atoms with Crippen LogP contribution < -0.4 is 5.73 Å². The second-order valence-corrected chi connectivity index (χ2v) is 5.21. The summed E-state index contributed by atoms with van der Waals surface area (Å²) < 4.78 is 5.50. The van der Waals surface area contributed by atoms with E-state index in [-0.39, 0.29) is 29.7 Å². The van der Waals surface area contributed by atoms with E-state index in [0.717, 1.165) is 25.8 Å². The Morgan fingerprint density at radius 3 is 2.89 bits per heavy atom. The van der Waals surface area contributed by atoms with Crippen LogP contribution in [-0.2, 0) is 9.53 Å². The van der Waals surface area contributed by atoms with Crippen LogP contribution in [0.2, 0.25) is 0 Å². The zero-order valence-electron chi connectivity index (χ0n) is 10.7. The van der Waals surface area contributed by atoms with Gasteiger partial charge >= 0.3 is 0 Å². The Morgan fingerprint density at radius 1 is 1.50 bits per heavy atom. The quantitative estimate of drug-likeness (QED) is 0.323. The van der Waals surface area contributed by atoms with Gasteiger partial charge in [0.05, 0.1) is 0 Å². The van der Waals surface area contributed by atoms with Crippen molar-refractivity contribution in [2.75, 3.05) is 19.7 Å². The monoisotopic (exact) mass is 255 g/mol. The van der Waals surface area contributed by atoms with Crippen molar-refractivity contribution in [2.45, 2.75) is 32.3 Å². The molecular formula is C12H21N3O3. The average Bonchev–Trinajstić information content (AvgIpc) is 2.83. The first-order chi connectivity index (χ1) is 8.63. The second kappa shape index (κ2) is 5.56. The largest absolute Gasteiger partial charge is 0.409 e. The zero-order chi connectivity index (χ0) is 13.1. The number of oxime groups is 1. The molecule has 2 rings (SSSR count). The van der Waals surface area contributed by atoms with Crippen molar-refractivity contribution in [1.29, 1.82) is 0 Å². The van der Waals surface area contributed by atoms with E-state index in [2.05, 4.69) is 5.16 Å². The molecule has 3 unspecified atom stereocenters. The van der Waals surface area contributed by atoms with Crippen LogP contribution >= 0.6 is 0 Å². The van der Waals surface area contributed by atoms with Crippen LogP contribution in [0, 0.1) is 11.8 Å². The van der Waals surface area contributed by atoms with Gasteiger partial charge in [-0.3, -0.25) is 4.79 Å². The Morgan fingerprint density at radius 2 is 2.28 bits per heavy atom. The molecule has 1 amide bonds. The lowest BCUT2D eigenvalue weighted by Gasteiger charge is -2.34. The number of nitrogens with zero attached hydrogens (tertiary/aromatic N) is 2.